The number of halogens is 4. The SMILES string of the molecule is CCC1CCC(CCc2ccc(-c3ccc(C(=O)O)c(F)c3-c3cc(F)c(F)c(F)c3)cc2)CC1. The van der Waals surface area contributed by atoms with Gasteiger partial charge in [0.1, 0.15) is 5.82 Å². The smallest absolute Gasteiger partial charge is 0.338 e. The molecule has 3 aromatic rings. The molecule has 2 nitrogen and oxygen atoms in total. The molecule has 4 rings (SSSR count). The minimum absolute atomic E-state index is 0.266. The highest BCUT2D eigenvalue weighted by atomic mass is 19.2. The molecule has 0 amide bonds. The number of hydrogen-bond acceptors (Lipinski definition) is 1. The van der Waals surface area contributed by atoms with Crippen LogP contribution in [0.2, 0.25) is 0 Å². The van der Waals surface area contributed by atoms with Gasteiger partial charge < -0.3 is 5.11 Å². The van der Waals surface area contributed by atoms with Crippen LogP contribution < -0.4 is 0 Å². The first kappa shape index (κ1) is 25.0. The molecule has 0 aromatic heterocycles. The highest BCUT2D eigenvalue weighted by Gasteiger charge is 2.23. The van der Waals surface area contributed by atoms with Crippen molar-refractivity contribution < 1.29 is 27.5 Å². The minimum Gasteiger partial charge on any atom is -0.478 e. The van der Waals surface area contributed by atoms with Gasteiger partial charge in [-0.3, -0.25) is 0 Å². The minimum atomic E-state index is -1.67. The Bertz CT molecular complexity index is 1190. The summed E-state index contributed by atoms with van der Waals surface area (Å²) in [5.74, 6) is -5.68. The predicted molar refractivity (Wildman–Crippen MR) is 128 cm³/mol. The van der Waals surface area contributed by atoms with E-state index in [4.69, 9.17) is 0 Å². The Morgan fingerprint density at radius 3 is 2.00 bits per heavy atom. The number of carbonyl (C=O) groups is 1. The highest BCUT2D eigenvalue weighted by Crippen LogP contribution is 2.38. The predicted octanol–water partition coefficient (Wildman–Crippen LogP) is 8.42. The van der Waals surface area contributed by atoms with E-state index < -0.39 is 34.8 Å². The second-order valence-electron chi connectivity index (χ2n) is 9.44. The lowest BCUT2D eigenvalue weighted by atomic mass is 9.78. The Morgan fingerprint density at radius 2 is 1.43 bits per heavy atom. The number of carboxylic acids is 1. The summed E-state index contributed by atoms with van der Waals surface area (Å²) >= 11 is 0. The molecule has 184 valence electrons. The Labute approximate surface area is 202 Å². The molecule has 0 aliphatic heterocycles. The van der Waals surface area contributed by atoms with Gasteiger partial charge in [-0.25, -0.2) is 22.4 Å². The normalized spacial score (nSPS) is 18.0. The second-order valence-corrected chi connectivity index (χ2v) is 9.44. The number of aromatic carboxylic acids is 1. The molecule has 3 aromatic carbocycles. The lowest BCUT2D eigenvalue weighted by Crippen LogP contribution is -2.14. The number of rotatable bonds is 7. The molecule has 0 saturated heterocycles. The quantitative estimate of drug-likeness (QED) is 0.270. The van der Waals surface area contributed by atoms with Crippen LogP contribution in [0.5, 0.6) is 0 Å². The van der Waals surface area contributed by atoms with Crippen molar-refractivity contribution in [3.63, 3.8) is 0 Å². The number of carboxylic acid groups (broad SMARTS) is 1. The molecule has 1 aliphatic carbocycles. The monoisotopic (exact) mass is 484 g/mol. The Balaban J connectivity index is 1.62. The third-order valence-electron chi connectivity index (χ3n) is 7.29. The first-order valence-corrected chi connectivity index (χ1v) is 12.1. The number of aryl methyl sites for hydroxylation is 1. The molecule has 1 fully saturated rings. The maximum absolute atomic E-state index is 15.3. The molecule has 35 heavy (non-hydrogen) atoms. The van der Waals surface area contributed by atoms with Crippen molar-refractivity contribution in [2.45, 2.75) is 51.9 Å². The van der Waals surface area contributed by atoms with Gasteiger partial charge in [-0.1, -0.05) is 69.4 Å². The van der Waals surface area contributed by atoms with Gasteiger partial charge in [0.2, 0.25) is 0 Å². The van der Waals surface area contributed by atoms with Crippen molar-refractivity contribution in [3.8, 4) is 22.3 Å². The summed E-state index contributed by atoms with van der Waals surface area (Å²) in [6.07, 6.45) is 8.41. The number of benzene rings is 3. The van der Waals surface area contributed by atoms with Crippen molar-refractivity contribution in [3.05, 3.63) is 82.9 Å². The van der Waals surface area contributed by atoms with Gasteiger partial charge >= 0.3 is 5.97 Å². The summed E-state index contributed by atoms with van der Waals surface area (Å²) in [5, 5.41) is 9.34. The van der Waals surface area contributed by atoms with Crippen LogP contribution in [0, 0.1) is 35.1 Å². The molecule has 0 bridgehead atoms. The molecular weight excluding hydrogens is 456 g/mol. The highest BCUT2D eigenvalue weighted by molar-refractivity contribution is 5.94. The fourth-order valence-electron chi connectivity index (χ4n) is 5.11. The first-order valence-electron chi connectivity index (χ1n) is 12.1. The zero-order chi connectivity index (χ0) is 25.1. The van der Waals surface area contributed by atoms with Gasteiger partial charge in [-0.2, -0.15) is 0 Å². The van der Waals surface area contributed by atoms with Gasteiger partial charge in [-0.05, 0) is 65.1 Å². The maximum atomic E-state index is 15.3. The van der Waals surface area contributed by atoms with E-state index in [1.807, 2.05) is 12.1 Å². The third kappa shape index (κ3) is 5.42. The molecule has 1 N–H and O–H groups in total. The topological polar surface area (TPSA) is 37.3 Å². The molecule has 0 radical (unpaired) electrons. The summed E-state index contributed by atoms with van der Waals surface area (Å²) in [4.78, 5) is 11.5. The standard InChI is InChI=1S/C29H28F4O2/c1-2-17-3-5-18(6-4-17)7-8-19-9-11-20(12-10-19)22-13-14-23(29(34)35)27(32)26(22)21-15-24(30)28(33)25(31)16-21/h9-18H,2-8H2,1H3,(H,34,35). The Kier molecular flexibility index (Phi) is 7.58. The fourth-order valence-corrected chi connectivity index (χ4v) is 5.11. The molecule has 1 aliphatic rings. The van der Waals surface area contributed by atoms with E-state index in [0.717, 1.165) is 36.3 Å². The molecule has 0 atom stereocenters. The fraction of sp³-hybridized carbons (Fsp3) is 0.345. The van der Waals surface area contributed by atoms with E-state index in [1.165, 1.54) is 38.2 Å². The van der Waals surface area contributed by atoms with Crippen LogP contribution in [0.3, 0.4) is 0 Å². The van der Waals surface area contributed by atoms with Crippen molar-refractivity contribution >= 4 is 5.97 Å². The maximum Gasteiger partial charge on any atom is 0.338 e. The second kappa shape index (κ2) is 10.6. The lowest BCUT2D eigenvalue weighted by Gasteiger charge is -2.27. The molecule has 1 saturated carbocycles. The molecule has 0 spiro atoms. The zero-order valence-corrected chi connectivity index (χ0v) is 19.6. The van der Waals surface area contributed by atoms with Crippen LogP contribution in [0.4, 0.5) is 17.6 Å². The van der Waals surface area contributed by atoms with E-state index >= 15 is 4.39 Å². The number of hydrogen-bond donors (Lipinski definition) is 1. The Morgan fingerprint density at radius 1 is 0.829 bits per heavy atom. The van der Waals surface area contributed by atoms with Crippen molar-refractivity contribution in [1.82, 2.24) is 0 Å². The van der Waals surface area contributed by atoms with Crippen LogP contribution in [0.25, 0.3) is 22.3 Å². The van der Waals surface area contributed by atoms with Gasteiger partial charge in [0, 0.05) is 5.56 Å². The zero-order valence-electron chi connectivity index (χ0n) is 19.6. The molecule has 6 heteroatoms. The average molecular weight is 485 g/mol. The van der Waals surface area contributed by atoms with E-state index in [0.29, 0.717) is 17.7 Å². The van der Waals surface area contributed by atoms with Gasteiger partial charge in [0.25, 0.3) is 0 Å². The largest absolute Gasteiger partial charge is 0.478 e. The summed E-state index contributed by atoms with van der Waals surface area (Å²) in [7, 11) is 0. The summed E-state index contributed by atoms with van der Waals surface area (Å²) in [6.45, 7) is 2.25. The lowest BCUT2D eigenvalue weighted by molar-refractivity contribution is 0.0692. The molecule has 0 heterocycles. The van der Waals surface area contributed by atoms with Crippen LogP contribution >= 0.6 is 0 Å². The van der Waals surface area contributed by atoms with Crippen molar-refractivity contribution in [2.75, 3.05) is 0 Å². The van der Waals surface area contributed by atoms with Gasteiger partial charge in [0.05, 0.1) is 5.56 Å². The van der Waals surface area contributed by atoms with E-state index in [9.17, 15) is 23.1 Å². The van der Waals surface area contributed by atoms with Gasteiger partial charge in [-0.15, -0.1) is 0 Å². The average Bonchev–Trinajstić information content (AvgIpc) is 2.86. The molecule has 0 unspecified atom stereocenters. The van der Waals surface area contributed by atoms with Crippen LogP contribution in [0.1, 0.15) is 61.4 Å². The summed E-state index contributed by atoms with van der Waals surface area (Å²) < 4.78 is 56.6. The van der Waals surface area contributed by atoms with Crippen molar-refractivity contribution in [1.29, 1.82) is 0 Å². The summed E-state index contributed by atoms with van der Waals surface area (Å²) in [6, 6.07) is 11.3. The van der Waals surface area contributed by atoms with Crippen LogP contribution in [-0.4, -0.2) is 11.1 Å². The van der Waals surface area contributed by atoms with Gasteiger partial charge in [0.15, 0.2) is 17.5 Å². The molecular formula is C29H28F4O2. The van der Waals surface area contributed by atoms with E-state index in [1.54, 1.807) is 12.1 Å². The first-order chi connectivity index (χ1) is 16.8. The summed E-state index contributed by atoms with van der Waals surface area (Å²) in [5.41, 5.74) is 0.764. The third-order valence-corrected chi connectivity index (χ3v) is 7.29. The van der Waals surface area contributed by atoms with Crippen LogP contribution in [-0.2, 0) is 6.42 Å². The Hall–Kier alpha value is -3.15. The van der Waals surface area contributed by atoms with Crippen LogP contribution in [0.15, 0.2) is 48.5 Å². The van der Waals surface area contributed by atoms with E-state index in [-0.39, 0.29) is 16.7 Å². The van der Waals surface area contributed by atoms with E-state index in [2.05, 4.69) is 6.92 Å². The van der Waals surface area contributed by atoms with Crippen molar-refractivity contribution in [2.24, 2.45) is 11.8 Å².